The first-order valence-corrected chi connectivity index (χ1v) is 7.69. The van der Waals surface area contributed by atoms with Crippen LogP contribution in [-0.4, -0.2) is 40.8 Å². The largest absolute Gasteiger partial charge is 0.385 e. The summed E-state index contributed by atoms with van der Waals surface area (Å²) in [4.78, 5) is 4.42. The first-order chi connectivity index (χ1) is 9.24. The Labute approximate surface area is 125 Å². The van der Waals surface area contributed by atoms with Gasteiger partial charge in [0.05, 0.1) is 13.2 Å². The SMILES string of the molecule is OC(c1nc(I)cn1CCOC1NCCO1)C1CC1. The van der Waals surface area contributed by atoms with Gasteiger partial charge >= 0.3 is 0 Å². The molecule has 0 aromatic carbocycles. The number of aromatic nitrogens is 2. The van der Waals surface area contributed by atoms with Gasteiger partial charge < -0.3 is 19.1 Å². The van der Waals surface area contributed by atoms with Gasteiger partial charge in [0.1, 0.15) is 15.6 Å². The lowest BCUT2D eigenvalue weighted by molar-refractivity contribution is -0.124. The van der Waals surface area contributed by atoms with Gasteiger partial charge in [0.25, 0.3) is 0 Å². The molecule has 2 unspecified atom stereocenters. The molecule has 2 aliphatic rings. The lowest BCUT2D eigenvalue weighted by Gasteiger charge is -2.14. The molecule has 1 aliphatic carbocycles. The molecule has 0 spiro atoms. The molecule has 106 valence electrons. The summed E-state index contributed by atoms with van der Waals surface area (Å²) in [5.74, 6) is 1.15. The van der Waals surface area contributed by atoms with Crippen molar-refractivity contribution in [2.24, 2.45) is 5.92 Å². The molecule has 19 heavy (non-hydrogen) atoms. The van der Waals surface area contributed by atoms with Crippen LogP contribution in [0.2, 0.25) is 0 Å². The van der Waals surface area contributed by atoms with Crippen LogP contribution in [0, 0.1) is 9.62 Å². The van der Waals surface area contributed by atoms with E-state index in [0.717, 1.165) is 28.9 Å². The van der Waals surface area contributed by atoms with Crippen LogP contribution in [0.1, 0.15) is 24.8 Å². The number of rotatable bonds is 6. The summed E-state index contributed by atoms with van der Waals surface area (Å²) in [6.45, 7) is 2.74. The third kappa shape index (κ3) is 3.46. The van der Waals surface area contributed by atoms with E-state index in [2.05, 4.69) is 32.9 Å². The number of imidazole rings is 1. The van der Waals surface area contributed by atoms with E-state index in [1.54, 1.807) is 0 Å². The Morgan fingerprint density at radius 3 is 3.16 bits per heavy atom. The van der Waals surface area contributed by atoms with E-state index >= 15 is 0 Å². The Hall–Kier alpha value is -0.220. The summed E-state index contributed by atoms with van der Waals surface area (Å²) >= 11 is 2.17. The second kappa shape index (κ2) is 6.04. The number of ether oxygens (including phenoxy) is 2. The summed E-state index contributed by atoms with van der Waals surface area (Å²) in [7, 11) is 0. The second-order valence-corrected chi connectivity index (χ2v) is 6.03. The number of aliphatic hydroxyl groups excluding tert-OH is 1. The van der Waals surface area contributed by atoms with Crippen LogP contribution in [0.3, 0.4) is 0 Å². The van der Waals surface area contributed by atoms with Crippen molar-refractivity contribution in [1.82, 2.24) is 14.9 Å². The van der Waals surface area contributed by atoms with Crippen LogP contribution in [0.4, 0.5) is 0 Å². The second-order valence-electron chi connectivity index (χ2n) is 4.93. The zero-order chi connectivity index (χ0) is 13.2. The number of hydrogen-bond acceptors (Lipinski definition) is 5. The molecule has 2 N–H and O–H groups in total. The summed E-state index contributed by atoms with van der Waals surface area (Å²) < 4.78 is 13.8. The molecule has 1 saturated heterocycles. The van der Waals surface area contributed by atoms with Crippen LogP contribution in [-0.2, 0) is 16.0 Å². The maximum Gasteiger partial charge on any atom is 0.216 e. The van der Waals surface area contributed by atoms with E-state index in [9.17, 15) is 5.11 Å². The van der Waals surface area contributed by atoms with Crippen molar-refractivity contribution in [2.45, 2.75) is 31.9 Å². The molecule has 2 heterocycles. The first kappa shape index (κ1) is 13.7. The van der Waals surface area contributed by atoms with Crippen molar-refractivity contribution in [3.05, 3.63) is 15.7 Å². The number of aliphatic hydroxyl groups is 1. The van der Waals surface area contributed by atoms with Gasteiger partial charge in [0.15, 0.2) is 0 Å². The zero-order valence-corrected chi connectivity index (χ0v) is 12.7. The lowest BCUT2D eigenvalue weighted by Crippen LogP contribution is -2.27. The van der Waals surface area contributed by atoms with E-state index < -0.39 is 6.10 Å². The Kier molecular flexibility index (Phi) is 4.37. The molecule has 0 amide bonds. The van der Waals surface area contributed by atoms with Gasteiger partial charge in [-0.25, -0.2) is 4.98 Å². The average Bonchev–Trinajstić information content (AvgIpc) is 2.99. The number of halogens is 1. The highest BCUT2D eigenvalue weighted by atomic mass is 127. The Bertz CT molecular complexity index is 430. The molecule has 3 rings (SSSR count). The zero-order valence-electron chi connectivity index (χ0n) is 10.6. The van der Waals surface area contributed by atoms with Crippen molar-refractivity contribution in [3.63, 3.8) is 0 Å². The predicted octanol–water partition coefficient (Wildman–Crippen LogP) is 0.851. The van der Waals surface area contributed by atoms with E-state index in [0.29, 0.717) is 25.7 Å². The summed E-state index contributed by atoms with van der Waals surface area (Å²) in [5, 5.41) is 13.3. The number of nitrogens with one attached hydrogen (secondary N) is 1. The maximum atomic E-state index is 10.2. The van der Waals surface area contributed by atoms with Crippen LogP contribution >= 0.6 is 22.6 Å². The molecule has 2 fully saturated rings. The third-order valence-corrected chi connectivity index (χ3v) is 3.91. The minimum atomic E-state index is -0.440. The van der Waals surface area contributed by atoms with Crippen molar-refractivity contribution in [1.29, 1.82) is 0 Å². The molecule has 0 radical (unpaired) electrons. The van der Waals surface area contributed by atoms with Gasteiger partial charge in [0, 0.05) is 19.3 Å². The summed E-state index contributed by atoms with van der Waals surface area (Å²) in [5.41, 5.74) is 0. The fourth-order valence-corrected chi connectivity index (χ4v) is 2.79. The quantitative estimate of drug-likeness (QED) is 0.718. The molecular weight excluding hydrogens is 361 g/mol. The minimum Gasteiger partial charge on any atom is -0.385 e. The third-order valence-electron chi connectivity index (χ3n) is 3.39. The van der Waals surface area contributed by atoms with Gasteiger partial charge in [-0.15, -0.1) is 0 Å². The monoisotopic (exact) mass is 379 g/mol. The Balaban J connectivity index is 1.56. The highest BCUT2D eigenvalue weighted by Gasteiger charge is 2.33. The maximum absolute atomic E-state index is 10.2. The smallest absolute Gasteiger partial charge is 0.216 e. The standard InChI is InChI=1S/C12H18IN3O3/c13-9-7-16(4-6-19-12-14-3-5-18-12)11(15-9)10(17)8-1-2-8/h7-8,10,12,14,17H,1-6H2. The van der Waals surface area contributed by atoms with Crippen molar-refractivity contribution < 1.29 is 14.6 Å². The molecule has 0 bridgehead atoms. The van der Waals surface area contributed by atoms with Crippen molar-refractivity contribution >= 4 is 22.6 Å². The fourth-order valence-electron chi connectivity index (χ4n) is 2.20. The van der Waals surface area contributed by atoms with E-state index in [-0.39, 0.29) is 6.41 Å². The minimum absolute atomic E-state index is 0.292. The van der Waals surface area contributed by atoms with E-state index in [1.165, 1.54) is 0 Å². The highest BCUT2D eigenvalue weighted by Crippen LogP contribution is 2.40. The van der Waals surface area contributed by atoms with Crippen molar-refractivity contribution in [2.75, 3.05) is 19.8 Å². The lowest BCUT2D eigenvalue weighted by atomic mass is 10.2. The number of nitrogens with zero attached hydrogens (tertiary/aromatic N) is 2. The van der Waals surface area contributed by atoms with Crippen LogP contribution in [0.5, 0.6) is 0 Å². The normalized spacial score (nSPS) is 24.8. The number of hydrogen-bond donors (Lipinski definition) is 2. The molecule has 1 aromatic heterocycles. The molecule has 1 saturated carbocycles. The van der Waals surface area contributed by atoms with E-state index in [4.69, 9.17) is 9.47 Å². The molecule has 2 atom stereocenters. The average molecular weight is 379 g/mol. The molecule has 1 aliphatic heterocycles. The molecular formula is C12H18IN3O3. The first-order valence-electron chi connectivity index (χ1n) is 6.61. The van der Waals surface area contributed by atoms with E-state index in [1.807, 2.05) is 10.8 Å². The van der Waals surface area contributed by atoms with Gasteiger partial charge in [-0.3, -0.25) is 5.32 Å². The topological polar surface area (TPSA) is 68.5 Å². The van der Waals surface area contributed by atoms with Crippen molar-refractivity contribution in [3.8, 4) is 0 Å². The predicted molar refractivity (Wildman–Crippen MR) is 76.3 cm³/mol. The van der Waals surface area contributed by atoms with Gasteiger partial charge in [-0.2, -0.15) is 0 Å². The highest BCUT2D eigenvalue weighted by molar-refractivity contribution is 14.1. The molecule has 1 aromatic rings. The molecule has 7 heteroatoms. The van der Waals surface area contributed by atoms with Crippen LogP contribution < -0.4 is 5.32 Å². The summed E-state index contributed by atoms with van der Waals surface area (Å²) in [6, 6.07) is 0. The van der Waals surface area contributed by atoms with Gasteiger partial charge in [0.2, 0.25) is 6.41 Å². The summed E-state index contributed by atoms with van der Waals surface area (Å²) in [6.07, 6.45) is 3.42. The van der Waals surface area contributed by atoms with Gasteiger partial charge in [-0.05, 0) is 41.4 Å². The molecule has 6 nitrogen and oxygen atoms in total. The Morgan fingerprint density at radius 2 is 2.47 bits per heavy atom. The Morgan fingerprint density at radius 1 is 1.63 bits per heavy atom. The van der Waals surface area contributed by atoms with Crippen LogP contribution in [0.15, 0.2) is 6.20 Å². The fraction of sp³-hybridized carbons (Fsp3) is 0.750. The van der Waals surface area contributed by atoms with Gasteiger partial charge in [-0.1, -0.05) is 0 Å². The van der Waals surface area contributed by atoms with Crippen LogP contribution in [0.25, 0.3) is 0 Å².